The number of carbonyl (C=O) groups excluding carboxylic acids is 2. The average molecular weight is 449 g/mol. The second kappa shape index (κ2) is 13.3. The number of nitrogens with zero attached hydrogens (tertiary/aromatic N) is 2. The van der Waals surface area contributed by atoms with Crippen molar-refractivity contribution in [3.63, 3.8) is 0 Å². The lowest BCUT2D eigenvalue weighted by molar-refractivity contribution is -0.135. The second-order valence-corrected chi connectivity index (χ2v) is 8.81. The van der Waals surface area contributed by atoms with Crippen LogP contribution >= 0.6 is 0 Å². The highest BCUT2D eigenvalue weighted by Gasteiger charge is 2.25. The van der Waals surface area contributed by atoms with Crippen molar-refractivity contribution in [2.24, 2.45) is 16.1 Å². The van der Waals surface area contributed by atoms with Crippen LogP contribution in [0.2, 0.25) is 0 Å². The molecule has 176 valence electrons. The smallest absolute Gasteiger partial charge is 0.252 e. The highest BCUT2D eigenvalue weighted by atomic mass is 16.2. The summed E-state index contributed by atoms with van der Waals surface area (Å²) < 4.78 is 0. The molecule has 0 saturated heterocycles. The molecule has 2 aromatic carbocycles. The zero-order valence-corrected chi connectivity index (χ0v) is 20.3. The number of hydrogen-bond acceptors (Lipinski definition) is 4. The fourth-order valence-electron chi connectivity index (χ4n) is 3.22. The van der Waals surface area contributed by atoms with Gasteiger partial charge in [-0.15, -0.1) is 0 Å². The highest BCUT2D eigenvalue weighted by molar-refractivity contribution is 6.00. The zero-order chi connectivity index (χ0) is 24.2. The van der Waals surface area contributed by atoms with E-state index in [0.29, 0.717) is 18.3 Å². The van der Waals surface area contributed by atoms with Gasteiger partial charge in [-0.1, -0.05) is 96.0 Å². The van der Waals surface area contributed by atoms with Crippen molar-refractivity contribution in [1.82, 2.24) is 10.9 Å². The fourth-order valence-corrected chi connectivity index (χ4v) is 3.22. The lowest BCUT2D eigenvalue weighted by Crippen LogP contribution is -2.38. The SMILES string of the molecule is CCCCC(C(=O)N/N=C\c1ccc(C(C)C)cc1)C(=O)N/N=C\c1ccc(C(C)C)cc1. The molecule has 0 unspecified atom stereocenters. The van der Waals surface area contributed by atoms with E-state index >= 15 is 0 Å². The molecule has 0 heterocycles. The Balaban J connectivity index is 1.95. The van der Waals surface area contributed by atoms with E-state index in [2.05, 4.69) is 48.7 Å². The predicted molar refractivity (Wildman–Crippen MR) is 136 cm³/mol. The normalized spacial score (nSPS) is 11.8. The molecule has 0 saturated carbocycles. The van der Waals surface area contributed by atoms with Crippen LogP contribution in [0.4, 0.5) is 0 Å². The van der Waals surface area contributed by atoms with Gasteiger partial charge in [-0.05, 0) is 40.5 Å². The molecule has 2 amide bonds. The van der Waals surface area contributed by atoms with E-state index in [9.17, 15) is 9.59 Å². The van der Waals surface area contributed by atoms with Crippen LogP contribution in [0.1, 0.15) is 88.0 Å². The number of hydrazone groups is 2. The lowest BCUT2D eigenvalue weighted by atomic mass is 10.0. The lowest BCUT2D eigenvalue weighted by Gasteiger charge is -2.13. The molecular formula is C27H36N4O2. The molecule has 0 fully saturated rings. The molecule has 2 rings (SSSR count). The number of amides is 2. The van der Waals surface area contributed by atoms with Gasteiger partial charge in [0, 0.05) is 0 Å². The minimum atomic E-state index is -0.856. The Morgan fingerprint density at radius 1 is 0.758 bits per heavy atom. The van der Waals surface area contributed by atoms with Crippen LogP contribution in [0.25, 0.3) is 0 Å². The molecule has 2 aromatic rings. The first-order chi connectivity index (χ1) is 15.8. The first-order valence-electron chi connectivity index (χ1n) is 11.7. The molecule has 0 aliphatic heterocycles. The molecule has 0 spiro atoms. The summed E-state index contributed by atoms with van der Waals surface area (Å²) in [6.45, 7) is 10.6. The van der Waals surface area contributed by atoms with Crippen LogP contribution < -0.4 is 10.9 Å². The molecule has 0 radical (unpaired) electrons. The number of hydrogen-bond donors (Lipinski definition) is 2. The topological polar surface area (TPSA) is 82.9 Å². The van der Waals surface area contributed by atoms with Crippen molar-refractivity contribution in [1.29, 1.82) is 0 Å². The summed E-state index contributed by atoms with van der Waals surface area (Å²) in [6.07, 6.45) is 5.23. The monoisotopic (exact) mass is 448 g/mol. The summed E-state index contributed by atoms with van der Waals surface area (Å²) in [4.78, 5) is 25.2. The minimum Gasteiger partial charge on any atom is -0.272 e. The molecule has 6 nitrogen and oxygen atoms in total. The summed E-state index contributed by atoms with van der Waals surface area (Å²) in [7, 11) is 0. The number of carbonyl (C=O) groups is 2. The summed E-state index contributed by atoms with van der Waals surface area (Å²) >= 11 is 0. The fraction of sp³-hybridized carbons (Fsp3) is 0.407. The van der Waals surface area contributed by atoms with Gasteiger partial charge in [0.15, 0.2) is 0 Å². The van der Waals surface area contributed by atoms with Gasteiger partial charge in [0.1, 0.15) is 5.92 Å². The van der Waals surface area contributed by atoms with Crippen molar-refractivity contribution in [3.05, 3.63) is 70.8 Å². The van der Waals surface area contributed by atoms with Crippen molar-refractivity contribution >= 4 is 24.2 Å². The van der Waals surface area contributed by atoms with Crippen molar-refractivity contribution in [2.75, 3.05) is 0 Å². The van der Waals surface area contributed by atoms with Crippen LogP contribution in [0.5, 0.6) is 0 Å². The molecule has 6 heteroatoms. The van der Waals surface area contributed by atoms with E-state index in [1.807, 2.05) is 55.5 Å². The summed E-state index contributed by atoms with van der Waals surface area (Å²) in [5.74, 6) is -0.822. The predicted octanol–water partition coefficient (Wildman–Crippen LogP) is 5.34. The zero-order valence-electron chi connectivity index (χ0n) is 20.3. The number of unbranched alkanes of at least 4 members (excludes halogenated alkanes) is 1. The van der Waals surface area contributed by atoms with Crippen molar-refractivity contribution in [2.45, 2.75) is 65.7 Å². The van der Waals surface area contributed by atoms with Gasteiger partial charge < -0.3 is 0 Å². The third-order valence-electron chi connectivity index (χ3n) is 5.46. The number of rotatable bonds is 11. The Morgan fingerprint density at radius 3 is 1.48 bits per heavy atom. The summed E-state index contributed by atoms with van der Waals surface area (Å²) in [6, 6.07) is 16.0. The Morgan fingerprint density at radius 2 is 1.15 bits per heavy atom. The molecule has 0 atom stereocenters. The summed E-state index contributed by atoms with van der Waals surface area (Å²) in [5.41, 5.74) is 9.24. The van der Waals surface area contributed by atoms with Crippen LogP contribution in [-0.2, 0) is 9.59 Å². The van der Waals surface area contributed by atoms with E-state index in [0.717, 1.165) is 24.0 Å². The Kier molecular flexibility index (Phi) is 10.5. The maximum Gasteiger partial charge on any atom is 0.252 e. The Labute approximate surface area is 197 Å². The van der Waals surface area contributed by atoms with Gasteiger partial charge in [0.25, 0.3) is 11.8 Å². The highest BCUT2D eigenvalue weighted by Crippen LogP contribution is 2.15. The van der Waals surface area contributed by atoms with E-state index < -0.39 is 17.7 Å². The third-order valence-corrected chi connectivity index (χ3v) is 5.46. The molecule has 0 aliphatic carbocycles. The van der Waals surface area contributed by atoms with Crippen LogP contribution in [0.15, 0.2) is 58.7 Å². The van der Waals surface area contributed by atoms with Gasteiger partial charge in [0.05, 0.1) is 12.4 Å². The average Bonchev–Trinajstić information content (AvgIpc) is 2.80. The standard InChI is InChI=1S/C27H36N4O2/c1-6-7-8-25(26(32)30-28-17-21-9-13-23(14-10-21)19(2)3)27(33)31-29-18-22-11-15-24(16-12-22)20(4)5/h9-20,25H,6-8H2,1-5H3,(H,30,32)(H,31,33)/b28-17-,29-18-. The first kappa shape index (κ1) is 26.0. The number of nitrogens with one attached hydrogen (secondary N) is 2. The van der Waals surface area contributed by atoms with Crippen LogP contribution in [0, 0.1) is 5.92 Å². The Hall–Kier alpha value is -3.28. The van der Waals surface area contributed by atoms with Crippen molar-refractivity contribution in [3.8, 4) is 0 Å². The van der Waals surface area contributed by atoms with E-state index in [-0.39, 0.29) is 0 Å². The molecule has 2 N–H and O–H groups in total. The minimum absolute atomic E-state index is 0.436. The molecule has 0 aliphatic rings. The van der Waals surface area contributed by atoms with Crippen molar-refractivity contribution < 1.29 is 9.59 Å². The van der Waals surface area contributed by atoms with Gasteiger partial charge in [-0.2, -0.15) is 10.2 Å². The van der Waals surface area contributed by atoms with Crippen LogP contribution in [0.3, 0.4) is 0 Å². The molecular weight excluding hydrogens is 412 g/mol. The largest absolute Gasteiger partial charge is 0.272 e. The van der Waals surface area contributed by atoms with E-state index in [1.165, 1.54) is 11.1 Å². The third kappa shape index (κ3) is 8.64. The maximum atomic E-state index is 12.6. The summed E-state index contributed by atoms with van der Waals surface area (Å²) in [5, 5.41) is 8.07. The van der Waals surface area contributed by atoms with Crippen LogP contribution in [-0.4, -0.2) is 24.2 Å². The van der Waals surface area contributed by atoms with E-state index in [1.54, 1.807) is 12.4 Å². The second-order valence-electron chi connectivity index (χ2n) is 8.81. The quantitative estimate of drug-likeness (QED) is 0.276. The van der Waals surface area contributed by atoms with Gasteiger partial charge in [-0.25, -0.2) is 10.9 Å². The molecule has 33 heavy (non-hydrogen) atoms. The van der Waals surface area contributed by atoms with Gasteiger partial charge in [0.2, 0.25) is 0 Å². The van der Waals surface area contributed by atoms with E-state index in [4.69, 9.17) is 0 Å². The maximum absolute atomic E-state index is 12.6. The van der Waals surface area contributed by atoms with Gasteiger partial charge >= 0.3 is 0 Å². The molecule has 0 aromatic heterocycles. The Bertz CT molecular complexity index is 870. The first-order valence-corrected chi connectivity index (χ1v) is 11.7. The van der Waals surface area contributed by atoms with Gasteiger partial charge in [-0.3, -0.25) is 9.59 Å². The molecule has 0 bridgehead atoms. The number of benzene rings is 2.